The van der Waals surface area contributed by atoms with Crippen molar-refractivity contribution in [3.63, 3.8) is 0 Å². The molecule has 3 aliphatic rings. The molecule has 1 amide bonds. The molecular formula is C26H24ClNO8. The van der Waals surface area contributed by atoms with Gasteiger partial charge in [-0.1, -0.05) is 24.6 Å². The van der Waals surface area contributed by atoms with Crippen LogP contribution < -0.4 is 24.3 Å². The summed E-state index contributed by atoms with van der Waals surface area (Å²) >= 11 is 6.50. The second-order valence-corrected chi connectivity index (χ2v) is 9.41. The number of amides is 1. The van der Waals surface area contributed by atoms with Gasteiger partial charge in [-0.25, -0.2) is 0 Å². The first-order valence-corrected chi connectivity index (χ1v) is 11.7. The normalized spacial score (nSPS) is 24.8. The lowest BCUT2D eigenvalue weighted by atomic mass is 9.66. The van der Waals surface area contributed by atoms with E-state index in [0.717, 1.165) is 0 Å². The van der Waals surface area contributed by atoms with Gasteiger partial charge in [0.2, 0.25) is 23.1 Å². The van der Waals surface area contributed by atoms with Crippen LogP contribution in [-0.2, 0) is 9.59 Å². The van der Waals surface area contributed by atoms with Crippen LogP contribution in [0, 0.1) is 5.92 Å². The van der Waals surface area contributed by atoms with Gasteiger partial charge in [-0.2, -0.15) is 0 Å². The highest BCUT2D eigenvalue weighted by atomic mass is 35.5. The molecule has 5 rings (SSSR count). The van der Waals surface area contributed by atoms with Gasteiger partial charge in [0.15, 0.2) is 17.2 Å². The first-order valence-electron chi connectivity index (χ1n) is 11.3. The summed E-state index contributed by atoms with van der Waals surface area (Å²) in [7, 11) is 4.25. The van der Waals surface area contributed by atoms with Crippen LogP contribution in [0.1, 0.15) is 41.6 Å². The summed E-state index contributed by atoms with van der Waals surface area (Å²) in [5.74, 6) is -2.13. The lowest BCUT2D eigenvalue weighted by Crippen LogP contribution is -2.59. The minimum Gasteiger partial charge on any atom is -0.504 e. The Bertz CT molecular complexity index is 1370. The van der Waals surface area contributed by atoms with Gasteiger partial charge in [-0.05, 0) is 24.1 Å². The lowest BCUT2D eigenvalue weighted by molar-refractivity contribution is -0.131. The molecule has 36 heavy (non-hydrogen) atoms. The van der Waals surface area contributed by atoms with Crippen molar-refractivity contribution in [1.29, 1.82) is 0 Å². The molecule has 1 aliphatic carbocycles. The topological polar surface area (TPSA) is 120 Å². The van der Waals surface area contributed by atoms with Crippen LogP contribution in [0.15, 0.2) is 35.5 Å². The van der Waals surface area contributed by atoms with Crippen molar-refractivity contribution in [2.24, 2.45) is 5.92 Å². The third kappa shape index (κ3) is 3.19. The van der Waals surface area contributed by atoms with Gasteiger partial charge in [-0.15, -0.1) is 0 Å². The Hall–Kier alpha value is -3.72. The van der Waals surface area contributed by atoms with Gasteiger partial charge in [0, 0.05) is 35.6 Å². The fourth-order valence-electron chi connectivity index (χ4n) is 5.40. The van der Waals surface area contributed by atoms with E-state index in [-0.39, 0.29) is 63.7 Å². The number of nitrogens with one attached hydrogen (secondary N) is 1. The van der Waals surface area contributed by atoms with E-state index in [1.165, 1.54) is 33.5 Å². The second-order valence-electron chi connectivity index (χ2n) is 9.03. The largest absolute Gasteiger partial charge is 0.504 e. The number of carbonyl (C=O) groups excluding carboxylic acids is 3. The number of hydrogen-bond acceptors (Lipinski definition) is 8. The van der Waals surface area contributed by atoms with E-state index in [2.05, 4.69) is 5.32 Å². The number of phenols is 1. The Labute approximate surface area is 211 Å². The van der Waals surface area contributed by atoms with E-state index in [1.807, 2.05) is 0 Å². The summed E-state index contributed by atoms with van der Waals surface area (Å²) in [6, 6.07) is 6.18. The number of allylic oxidation sites excluding steroid dienone is 1. The molecule has 2 aromatic carbocycles. The predicted molar refractivity (Wildman–Crippen MR) is 128 cm³/mol. The van der Waals surface area contributed by atoms with Gasteiger partial charge in [0.05, 0.1) is 21.3 Å². The number of halogens is 1. The molecule has 2 N–H and O–H groups in total. The maximum Gasteiger partial charge on any atom is 0.236 e. The minimum atomic E-state index is -1.89. The van der Waals surface area contributed by atoms with Crippen molar-refractivity contribution in [2.75, 3.05) is 21.3 Å². The van der Waals surface area contributed by atoms with Gasteiger partial charge in [0.25, 0.3) is 0 Å². The monoisotopic (exact) mass is 513 g/mol. The van der Waals surface area contributed by atoms with E-state index in [9.17, 15) is 19.5 Å². The minimum absolute atomic E-state index is 0.0283. The molecule has 3 atom stereocenters. The Kier molecular flexibility index (Phi) is 5.63. The van der Waals surface area contributed by atoms with Crippen LogP contribution in [-0.4, -0.2) is 49.5 Å². The molecule has 0 unspecified atom stereocenters. The van der Waals surface area contributed by atoms with Crippen LogP contribution in [0.2, 0.25) is 5.02 Å². The quantitative estimate of drug-likeness (QED) is 0.595. The number of carbonyl (C=O) groups is 3. The van der Waals surface area contributed by atoms with Crippen molar-refractivity contribution >= 4 is 29.1 Å². The summed E-state index contributed by atoms with van der Waals surface area (Å²) in [5.41, 5.74) is -0.572. The molecule has 188 valence electrons. The average molecular weight is 514 g/mol. The predicted octanol–water partition coefficient (Wildman–Crippen LogP) is 3.55. The number of Topliss-reactive ketones (excluding diaryl/α,β-unsaturated/α-hetero) is 2. The molecule has 1 spiro atoms. The van der Waals surface area contributed by atoms with Crippen LogP contribution in [0.4, 0.5) is 0 Å². The molecule has 9 nitrogen and oxygen atoms in total. The molecular weight excluding hydrogens is 490 g/mol. The number of rotatable bonds is 4. The summed E-state index contributed by atoms with van der Waals surface area (Å²) in [5, 5.41) is 13.2. The molecule has 2 heterocycles. The molecule has 0 radical (unpaired) electrons. The zero-order chi connectivity index (χ0) is 25.9. The van der Waals surface area contributed by atoms with Gasteiger partial charge in [-0.3, -0.25) is 14.4 Å². The highest BCUT2D eigenvalue weighted by Gasteiger charge is 2.63. The zero-order valence-corrected chi connectivity index (χ0v) is 20.8. The fourth-order valence-corrected chi connectivity index (χ4v) is 5.66. The van der Waals surface area contributed by atoms with Crippen molar-refractivity contribution in [3.8, 4) is 28.7 Å². The molecule has 0 fully saturated rings. The number of ether oxygens (including phenoxy) is 4. The molecule has 0 saturated carbocycles. The van der Waals surface area contributed by atoms with Gasteiger partial charge < -0.3 is 29.4 Å². The molecule has 2 aliphatic heterocycles. The number of aromatic hydroxyl groups is 1. The number of fused-ring (bicyclic) bond motifs is 1. The maximum absolute atomic E-state index is 14.3. The Morgan fingerprint density at radius 3 is 2.33 bits per heavy atom. The number of phenolic OH excluding ortho intramolecular Hbond substituents is 1. The van der Waals surface area contributed by atoms with E-state index < -0.39 is 29.0 Å². The van der Waals surface area contributed by atoms with Crippen molar-refractivity contribution in [3.05, 3.63) is 51.7 Å². The van der Waals surface area contributed by atoms with Crippen molar-refractivity contribution in [2.45, 2.75) is 31.3 Å². The second kappa shape index (κ2) is 8.44. The SMILES string of the molecule is COc1ccc([C@@H]2CC(=O)NC3=C2C(=O)[C@@]2(Oc4c(Cl)c(OC)cc(OC)c4C2=O)[C@H](C)C3)cc1O. The molecule has 2 aromatic rings. The first kappa shape index (κ1) is 24.0. The number of hydrogen-bond donors (Lipinski definition) is 2. The Balaban J connectivity index is 1.66. The molecule has 10 heteroatoms. The van der Waals surface area contributed by atoms with Crippen molar-refractivity contribution < 1.29 is 38.4 Å². The fraction of sp³-hybridized carbons (Fsp3) is 0.346. The first-order chi connectivity index (χ1) is 17.2. The van der Waals surface area contributed by atoms with E-state index in [1.54, 1.807) is 19.1 Å². The van der Waals surface area contributed by atoms with Crippen LogP contribution >= 0.6 is 11.6 Å². The molecule has 0 aromatic heterocycles. The number of benzene rings is 2. The third-order valence-electron chi connectivity index (χ3n) is 7.16. The number of ketones is 2. The van der Waals surface area contributed by atoms with Crippen LogP contribution in [0.25, 0.3) is 0 Å². The Morgan fingerprint density at radius 2 is 1.69 bits per heavy atom. The maximum atomic E-state index is 14.3. The summed E-state index contributed by atoms with van der Waals surface area (Å²) in [4.78, 5) is 40.8. The van der Waals surface area contributed by atoms with Gasteiger partial charge in [0.1, 0.15) is 22.1 Å². The number of methoxy groups -OCH3 is 3. The average Bonchev–Trinajstić information content (AvgIpc) is 3.17. The van der Waals surface area contributed by atoms with E-state index in [4.69, 9.17) is 30.5 Å². The van der Waals surface area contributed by atoms with E-state index in [0.29, 0.717) is 11.3 Å². The standard InChI is InChI=1S/C26H24ClNO8/c1-11-7-14-20(13(9-19(30)28-14)12-5-6-16(33-2)15(29)8-12)24(31)26(11)25(32)21-17(34-3)10-18(35-4)22(27)23(21)36-26/h5-6,8,10-11,13,29H,7,9H2,1-4H3,(H,28,30)/t11-,13+,26+/m1/s1. The van der Waals surface area contributed by atoms with E-state index >= 15 is 0 Å². The highest BCUT2D eigenvalue weighted by Crippen LogP contribution is 2.55. The zero-order valence-electron chi connectivity index (χ0n) is 20.1. The molecule has 0 bridgehead atoms. The third-order valence-corrected chi connectivity index (χ3v) is 7.52. The molecule has 0 saturated heterocycles. The summed E-state index contributed by atoms with van der Waals surface area (Å²) < 4.78 is 22.0. The Morgan fingerprint density at radius 1 is 1.00 bits per heavy atom. The smallest absolute Gasteiger partial charge is 0.236 e. The van der Waals surface area contributed by atoms with Crippen LogP contribution in [0.3, 0.4) is 0 Å². The van der Waals surface area contributed by atoms with Gasteiger partial charge >= 0.3 is 0 Å². The highest BCUT2D eigenvalue weighted by molar-refractivity contribution is 6.36. The van der Waals surface area contributed by atoms with Crippen molar-refractivity contribution in [1.82, 2.24) is 5.32 Å². The van der Waals surface area contributed by atoms with Crippen LogP contribution in [0.5, 0.6) is 28.7 Å². The summed E-state index contributed by atoms with van der Waals surface area (Å²) in [6.45, 7) is 1.72. The lowest BCUT2D eigenvalue weighted by Gasteiger charge is -2.41. The summed E-state index contributed by atoms with van der Waals surface area (Å²) in [6.07, 6.45) is 0.169.